The Morgan fingerprint density at radius 3 is 2.55 bits per heavy atom. The third-order valence-electron chi connectivity index (χ3n) is 4.03. The molecular weight excluding hydrogens is 265 g/mol. The number of hydrogen-bond donors (Lipinski definition) is 1. The summed E-state index contributed by atoms with van der Waals surface area (Å²) in [4.78, 5) is 2.14. The highest BCUT2D eigenvalue weighted by Crippen LogP contribution is 2.36. The molecule has 2 nitrogen and oxygen atoms in total. The Hall–Kier alpha value is -1.07. The maximum absolute atomic E-state index is 13.1. The highest BCUT2D eigenvalue weighted by atomic mass is 19.4. The summed E-state index contributed by atoms with van der Waals surface area (Å²) in [5, 5.41) is 3.35. The summed E-state index contributed by atoms with van der Waals surface area (Å²) in [5.41, 5.74) is -0.160. The van der Waals surface area contributed by atoms with Crippen molar-refractivity contribution < 1.29 is 13.2 Å². The topological polar surface area (TPSA) is 15.3 Å². The normalized spacial score (nSPS) is 26.5. The molecule has 3 atom stereocenters. The minimum atomic E-state index is -4.30. The lowest BCUT2D eigenvalue weighted by Crippen LogP contribution is -2.54. The maximum Gasteiger partial charge on any atom is 0.416 e. The van der Waals surface area contributed by atoms with Gasteiger partial charge in [0.2, 0.25) is 0 Å². The van der Waals surface area contributed by atoms with E-state index in [4.69, 9.17) is 0 Å². The van der Waals surface area contributed by atoms with Crippen molar-refractivity contribution in [2.75, 3.05) is 13.1 Å². The molecule has 0 saturated carbocycles. The SMILES string of the molecule is CC1CN(C(C)c2ccccc2C(F)(F)F)C(C)CN1. The van der Waals surface area contributed by atoms with E-state index in [1.54, 1.807) is 12.1 Å². The predicted octanol–water partition coefficient (Wildman–Crippen LogP) is 3.45. The Bertz CT molecular complexity index is 459. The van der Waals surface area contributed by atoms with Gasteiger partial charge in [0.05, 0.1) is 5.56 Å². The van der Waals surface area contributed by atoms with Gasteiger partial charge in [-0.15, -0.1) is 0 Å². The second-order valence-electron chi connectivity index (χ2n) is 5.62. The monoisotopic (exact) mass is 286 g/mol. The Kier molecular flexibility index (Phi) is 4.39. The van der Waals surface area contributed by atoms with Gasteiger partial charge in [-0.05, 0) is 32.4 Å². The van der Waals surface area contributed by atoms with Crippen LogP contribution in [0.15, 0.2) is 24.3 Å². The van der Waals surface area contributed by atoms with Crippen LogP contribution < -0.4 is 5.32 Å². The summed E-state index contributed by atoms with van der Waals surface area (Å²) < 4.78 is 39.4. The Balaban J connectivity index is 2.31. The lowest BCUT2D eigenvalue weighted by molar-refractivity contribution is -0.138. The van der Waals surface area contributed by atoms with Crippen LogP contribution in [-0.4, -0.2) is 30.1 Å². The van der Waals surface area contributed by atoms with E-state index < -0.39 is 11.7 Å². The standard InChI is InChI=1S/C15H21F3N2/c1-10-9-20(11(2)8-19-10)12(3)13-6-4-5-7-14(13)15(16,17)18/h4-7,10-12,19H,8-9H2,1-3H3. The van der Waals surface area contributed by atoms with Crippen LogP contribution in [0.4, 0.5) is 13.2 Å². The Morgan fingerprint density at radius 2 is 1.90 bits per heavy atom. The molecule has 0 aromatic heterocycles. The van der Waals surface area contributed by atoms with Gasteiger partial charge >= 0.3 is 6.18 Å². The molecule has 0 aliphatic carbocycles. The second-order valence-corrected chi connectivity index (χ2v) is 5.62. The number of nitrogens with one attached hydrogen (secondary N) is 1. The number of nitrogens with zero attached hydrogens (tertiary/aromatic N) is 1. The first kappa shape index (κ1) is 15.3. The minimum absolute atomic E-state index is 0.225. The molecule has 3 unspecified atom stereocenters. The van der Waals surface area contributed by atoms with E-state index in [0.717, 1.165) is 13.1 Å². The molecule has 20 heavy (non-hydrogen) atoms. The summed E-state index contributed by atoms with van der Waals surface area (Å²) in [5.74, 6) is 0. The first-order valence-corrected chi connectivity index (χ1v) is 6.96. The average molecular weight is 286 g/mol. The highest BCUT2D eigenvalue weighted by Gasteiger charge is 2.36. The predicted molar refractivity (Wildman–Crippen MR) is 73.5 cm³/mol. The zero-order valence-electron chi connectivity index (χ0n) is 12.0. The molecule has 1 heterocycles. The first-order chi connectivity index (χ1) is 9.30. The number of rotatable bonds is 2. The van der Waals surface area contributed by atoms with Crippen molar-refractivity contribution in [2.24, 2.45) is 0 Å². The quantitative estimate of drug-likeness (QED) is 0.896. The molecule has 0 spiro atoms. The van der Waals surface area contributed by atoms with Crippen LogP contribution in [0.25, 0.3) is 0 Å². The van der Waals surface area contributed by atoms with E-state index in [1.807, 2.05) is 13.8 Å². The van der Waals surface area contributed by atoms with E-state index in [1.165, 1.54) is 12.1 Å². The number of benzene rings is 1. The molecule has 1 aliphatic heterocycles. The van der Waals surface area contributed by atoms with Crippen molar-refractivity contribution in [1.29, 1.82) is 0 Å². The second kappa shape index (κ2) is 5.74. The Morgan fingerprint density at radius 1 is 1.25 bits per heavy atom. The van der Waals surface area contributed by atoms with Crippen molar-refractivity contribution in [3.8, 4) is 0 Å². The van der Waals surface area contributed by atoms with Crippen LogP contribution in [-0.2, 0) is 6.18 Å². The molecule has 1 aliphatic rings. The molecule has 1 N–H and O–H groups in total. The fourth-order valence-corrected chi connectivity index (χ4v) is 2.89. The summed E-state index contributed by atoms with van der Waals surface area (Å²) in [6.45, 7) is 7.53. The first-order valence-electron chi connectivity index (χ1n) is 6.96. The minimum Gasteiger partial charge on any atom is -0.311 e. The summed E-state index contributed by atoms with van der Waals surface area (Å²) in [6, 6.07) is 6.16. The number of halogens is 3. The highest BCUT2D eigenvalue weighted by molar-refractivity contribution is 5.32. The van der Waals surface area contributed by atoms with Gasteiger partial charge in [-0.2, -0.15) is 13.2 Å². The maximum atomic E-state index is 13.1. The number of alkyl halides is 3. The number of piperazine rings is 1. The van der Waals surface area contributed by atoms with E-state index in [0.29, 0.717) is 11.6 Å². The molecule has 112 valence electrons. The molecule has 0 amide bonds. The van der Waals surface area contributed by atoms with Crippen LogP contribution in [0.3, 0.4) is 0 Å². The van der Waals surface area contributed by atoms with E-state index >= 15 is 0 Å². The van der Waals surface area contributed by atoms with Gasteiger partial charge in [-0.1, -0.05) is 18.2 Å². The summed E-state index contributed by atoms with van der Waals surface area (Å²) >= 11 is 0. The molecule has 1 saturated heterocycles. The Labute approximate surface area is 118 Å². The molecule has 5 heteroatoms. The average Bonchev–Trinajstić information content (AvgIpc) is 2.40. The summed E-state index contributed by atoms with van der Waals surface area (Å²) in [6.07, 6.45) is -4.30. The van der Waals surface area contributed by atoms with Gasteiger partial charge in [0.25, 0.3) is 0 Å². The third kappa shape index (κ3) is 3.15. The third-order valence-corrected chi connectivity index (χ3v) is 4.03. The molecule has 1 aromatic rings. The zero-order valence-corrected chi connectivity index (χ0v) is 12.0. The fourth-order valence-electron chi connectivity index (χ4n) is 2.89. The van der Waals surface area contributed by atoms with Gasteiger partial charge in [0.15, 0.2) is 0 Å². The van der Waals surface area contributed by atoms with Crippen molar-refractivity contribution >= 4 is 0 Å². The van der Waals surface area contributed by atoms with Gasteiger partial charge in [0.1, 0.15) is 0 Å². The lowest BCUT2D eigenvalue weighted by atomic mass is 9.97. The van der Waals surface area contributed by atoms with Crippen molar-refractivity contribution in [3.63, 3.8) is 0 Å². The molecule has 0 bridgehead atoms. The largest absolute Gasteiger partial charge is 0.416 e. The zero-order chi connectivity index (χ0) is 14.9. The molecular formula is C15H21F3N2. The van der Waals surface area contributed by atoms with Crippen molar-refractivity contribution in [3.05, 3.63) is 35.4 Å². The van der Waals surface area contributed by atoms with Crippen molar-refractivity contribution in [2.45, 2.75) is 45.1 Å². The molecule has 1 fully saturated rings. The van der Waals surface area contributed by atoms with E-state index in [2.05, 4.69) is 17.1 Å². The molecule has 1 aromatic carbocycles. The van der Waals surface area contributed by atoms with Gasteiger partial charge in [-0.3, -0.25) is 4.90 Å². The molecule has 2 rings (SSSR count). The fraction of sp³-hybridized carbons (Fsp3) is 0.600. The van der Waals surface area contributed by atoms with Crippen LogP contribution >= 0.6 is 0 Å². The smallest absolute Gasteiger partial charge is 0.311 e. The summed E-state index contributed by atoms with van der Waals surface area (Å²) in [7, 11) is 0. The van der Waals surface area contributed by atoms with E-state index in [9.17, 15) is 13.2 Å². The molecule has 0 radical (unpaired) electrons. The van der Waals surface area contributed by atoms with Crippen LogP contribution in [0.5, 0.6) is 0 Å². The van der Waals surface area contributed by atoms with Crippen LogP contribution in [0, 0.1) is 0 Å². The van der Waals surface area contributed by atoms with Gasteiger partial charge < -0.3 is 5.32 Å². The van der Waals surface area contributed by atoms with E-state index in [-0.39, 0.29) is 12.1 Å². The van der Waals surface area contributed by atoms with Crippen LogP contribution in [0.2, 0.25) is 0 Å². The van der Waals surface area contributed by atoms with Crippen molar-refractivity contribution in [1.82, 2.24) is 10.2 Å². The van der Waals surface area contributed by atoms with Gasteiger partial charge in [0, 0.05) is 31.2 Å². The van der Waals surface area contributed by atoms with Crippen LogP contribution in [0.1, 0.15) is 37.9 Å². The van der Waals surface area contributed by atoms with Gasteiger partial charge in [-0.25, -0.2) is 0 Å². The number of hydrogen-bond acceptors (Lipinski definition) is 2. The lowest BCUT2D eigenvalue weighted by Gasteiger charge is -2.42.